The zero-order valence-corrected chi connectivity index (χ0v) is 11.4. The number of imide groups is 1. The van der Waals surface area contributed by atoms with Gasteiger partial charge in [0.15, 0.2) is 0 Å². The quantitative estimate of drug-likeness (QED) is 0.820. The van der Waals surface area contributed by atoms with Gasteiger partial charge >= 0.3 is 0 Å². The van der Waals surface area contributed by atoms with Crippen LogP contribution in [0.25, 0.3) is 0 Å². The van der Waals surface area contributed by atoms with Crippen molar-refractivity contribution in [3.05, 3.63) is 29.6 Å². The van der Waals surface area contributed by atoms with Gasteiger partial charge in [0, 0.05) is 25.1 Å². The second kappa shape index (κ2) is 5.58. The van der Waals surface area contributed by atoms with Gasteiger partial charge in [0.05, 0.1) is 6.04 Å². The van der Waals surface area contributed by atoms with Gasteiger partial charge in [-0.05, 0) is 31.5 Å². The molecule has 2 N–H and O–H groups in total. The molecule has 1 saturated heterocycles. The molecule has 1 aliphatic heterocycles. The molecule has 0 bridgehead atoms. The molecule has 0 aliphatic carbocycles. The molecule has 0 saturated carbocycles. The Kier molecular flexibility index (Phi) is 4.04. The van der Waals surface area contributed by atoms with Gasteiger partial charge in [0.2, 0.25) is 11.8 Å². The lowest BCUT2D eigenvalue weighted by molar-refractivity contribution is -0.148. The van der Waals surface area contributed by atoms with E-state index in [-0.39, 0.29) is 17.6 Å². The first-order valence-corrected chi connectivity index (χ1v) is 6.45. The molecule has 0 spiro atoms. The van der Waals surface area contributed by atoms with Crippen molar-refractivity contribution < 1.29 is 19.1 Å². The van der Waals surface area contributed by atoms with Crippen molar-refractivity contribution in [2.45, 2.75) is 31.8 Å². The number of aromatic hydroxyl groups is 1. The summed E-state index contributed by atoms with van der Waals surface area (Å²) in [6.45, 7) is 1.73. The molecule has 1 aromatic rings. The second-order valence-electron chi connectivity index (χ2n) is 4.97. The third-order valence-corrected chi connectivity index (χ3v) is 3.56. The Morgan fingerprint density at radius 2 is 2.15 bits per heavy atom. The van der Waals surface area contributed by atoms with Gasteiger partial charge in [-0.1, -0.05) is 0 Å². The Balaban J connectivity index is 2.11. The fourth-order valence-electron chi connectivity index (χ4n) is 2.33. The van der Waals surface area contributed by atoms with E-state index in [9.17, 15) is 19.1 Å². The van der Waals surface area contributed by atoms with E-state index in [0.29, 0.717) is 18.4 Å². The highest BCUT2D eigenvalue weighted by Crippen LogP contribution is 2.26. The predicted octanol–water partition coefficient (Wildman–Crippen LogP) is 1.33. The average Bonchev–Trinajstić information content (AvgIpc) is 2.42. The fraction of sp³-hybridized carbons (Fsp3) is 0.429. The predicted molar refractivity (Wildman–Crippen MR) is 70.4 cm³/mol. The van der Waals surface area contributed by atoms with Crippen LogP contribution in [0, 0.1) is 5.82 Å². The average molecular weight is 280 g/mol. The van der Waals surface area contributed by atoms with Gasteiger partial charge in [-0.2, -0.15) is 0 Å². The van der Waals surface area contributed by atoms with Crippen molar-refractivity contribution in [3.63, 3.8) is 0 Å². The summed E-state index contributed by atoms with van der Waals surface area (Å²) in [5.41, 5.74) is 0.386. The zero-order valence-electron chi connectivity index (χ0n) is 11.4. The molecule has 1 aromatic carbocycles. The van der Waals surface area contributed by atoms with Gasteiger partial charge in [-0.15, -0.1) is 0 Å². The van der Waals surface area contributed by atoms with E-state index < -0.39 is 17.9 Å². The number of phenols is 1. The number of piperidine rings is 1. The third kappa shape index (κ3) is 2.80. The molecule has 0 aromatic heterocycles. The lowest BCUT2D eigenvalue weighted by Gasteiger charge is -2.30. The van der Waals surface area contributed by atoms with Crippen LogP contribution in [0.2, 0.25) is 0 Å². The van der Waals surface area contributed by atoms with Crippen LogP contribution < -0.4 is 5.32 Å². The Morgan fingerprint density at radius 1 is 1.45 bits per heavy atom. The molecular formula is C14H17FN2O3. The van der Waals surface area contributed by atoms with Crippen molar-refractivity contribution in [2.24, 2.45) is 0 Å². The van der Waals surface area contributed by atoms with Crippen LogP contribution in [0.15, 0.2) is 18.2 Å². The molecular weight excluding hydrogens is 263 g/mol. The lowest BCUT2D eigenvalue weighted by atomic mass is 10.0. The van der Waals surface area contributed by atoms with Gasteiger partial charge in [-0.3, -0.25) is 19.8 Å². The molecule has 1 fully saturated rings. The monoisotopic (exact) mass is 280 g/mol. The first-order valence-electron chi connectivity index (χ1n) is 6.45. The SMILES string of the molecule is CC(NC1CCC(=O)N(C)C1=O)c1cc(F)ccc1O. The molecule has 2 unspecified atom stereocenters. The summed E-state index contributed by atoms with van der Waals surface area (Å²) in [5.74, 6) is -0.980. The molecule has 108 valence electrons. The number of hydrogen-bond acceptors (Lipinski definition) is 4. The van der Waals surface area contributed by atoms with Crippen molar-refractivity contribution in [1.29, 1.82) is 0 Å². The van der Waals surface area contributed by atoms with Crippen molar-refractivity contribution in [3.8, 4) is 5.75 Å². The Morgan fingerprint density at radius 3 is 2.85 bits per heavy atom. The molecule has 2 atom stereocenters. The number of amides is 2. The molecule has 1 aliphatic rings. The minimum Gasteiger partial charge on any atom is -0.508 e. The minimum absolute atomic E-state index is 0.0286. The van der Waals surface area contributed by atoms with E-state index in [2.05, 4.69) is 5.32 Å². The van der Waals surface area contributed by atoms with Crippen LogP contribution in [0.5, 0.6) is 5.75 Å². The Labute approximate surface area is 116 Å². The Bertz CT molecular complexity index is 547. The molecule has 6 heteroatoms. The first-order chi connectivity index (χ1) is 9.40. The summed E-state index contributed by atoms with van der Waals surface area (Å²) in [6.07, 6.45) is 0.699. The maximum absolute atomic E-state index is 13.2. The summed E-state index contributed by atoms with van der Waals surface area (Å²) >= 11 is 0. The number of benzene rings is 1. The molecule has 1 heterocycles. The number of nitrogens with one attached hydrogen (secondary N) is 1. The van der Waals surface area contributed by atoms with Gasteiger partial charge < -0.3 is 5.11 Å². The normalized spacial score (nSPS) is 21.1. The minimum atomic E-state index is -0.504. The van der Waals surface area contributed by atoms with Gasteiger partial charge in [-0.25, -0.2) is 4.39 Å². The van der Waals surface area contributed by atoms with Crippen LogP contribution in [0.4, 0.5) is 4.39 Å². The molecule has 5 nitrogen and oxygen atoms in total. The summed E-state index contributed by atoms with van der Waals surface area (Å²) in [7, 11) is 1.45. The first kappa shape index (κ1) is 14.5. The number of carbonyl (C=O) groups excluding carboxylic acids is 2. The highest BCUT2D eigenvalue weighted by atomic mass is 19.1. The number of carbonyl (C=O) groups is 2. The maximum Gasteiger partial charge on any atom is 0.246 e. The van der Waals surface area contributed by atoms with E-state index in [1.807, 2.05) is 0 Å². The van der Waals surface area contributed by atoms with Crippen LogP contribution in [0.3, 0.4) is 0 Å². The van der Waals surface area contributed by atoms with E-state index >= 15 is 0 Å². The Hall–Kier alpha value is -1.95. The van der Waals surface area contributed by atoms with E-state index in [0.717, 1.165) is 4.90 Å². The van der Waals surface area contributed by atoms with Crippen LogP contribution in [-0.4, -0.2) is 34.9 Å². The largest absolute Gasteiger partial charge is 0.508 e. The number of phenolic OH excluding ortho intramolecular Hbond substituents is 1. The van der Waals surface area contributed by atoms with Crippen molar-refractivity contribution >= 4 is 11.8 Å². The second-order valence-corrected chi connectivity index (χ2v) is 4.97. The van der Waals surface area contributed by atoms with Crippen LogP contribution in [0.1, 0.15) is 31.4 Å². The van der Waals surface area contributed by atoms with Gasteiger partial charge in [0.1, 0.15) is 11.6 Å². The summed E-state index contributed by atoms with van der Waals surface area (Å²) in [6, 6.07) is 2.77. The summed E-state index contributed by atoms with van der Waals surface area (Å²) in [5, 5.41) is 12.8. The van der Waals surface area contributed by atoms with Crippen LogP contribution >= 0.6 is 0 Å². The van der Waals surface area contributed by atoms with E-state index in [1.165, 1.54) is 25.2 Å². The third-order valence-electron chi connectivity index (χ3n) is 3.56. The molecule has 2 rings (SSSR count). The molecule has 2 amide bonds. The number of likely N-dealkylation sites (N-methyl/N-ethyl adjacent to an activating group) is 1. The topological polar surface area (TPSA) is 69.6 Å². The standard InChI is InChI=1S/C14H17FN2O3/c1-8(10-7-9(15)3-5-12(10)18)16-11-4-6-13(19)17(2)14(11)20/h3,5,7-8,11,16,18H,4,6H2,1-2H3. The van der Waals surface area contributed by atoms with Gasteiger partial charge in [0.25, 0.3) is 0 Å². The van der Waals surface area contributed by atoms with E-state index in [1.54, 1.807) is 6.92 Å². The molecule has 0 radical (unpaired) electrons. The summed E-state index contributed by atoms with van der Waals surface area (Å²) < 4.78 is 13.2. The van der Waals surface area contributed by atoms with Crippen molar-refractivity contribution in [2.75, 3.05) is 7.05 Å². The van der Waals surface area contributed by atoms with Crippen molar-refractivity contribution in [1.82, 2.24) is 10.2 Å². The maximum atomic E-state index is 13.2. The lowest BCUT2D eigenvalue weighted by Crippen LogP contribution is -2.51. The van der Waals surface area contributed by atoms with Crippen LogP contribution in [-0.2, 0) is 9.59 Å². The number of hydrogen-bond donors (Lipinski definition) is 2. The highest BCUT2D eigenvalue weighted by Gasteiger charge is 2.32. The zero-order chi connectivity index (χ0) is 14.9. The number of halogens is 1. The number of rotatable bonds is 3. The highest BCUT2D eigenvalue weighted by molar-refractivity contribution is 6.00. The summed E-state index contributed by atoms with van der Waals surface area (Å²) in [4.78, 5) is 24.4. The number of likely N-dealkylation sites (tertiary alicyclic amines) is 1. The smallest absolute Gasteiger partial charge is 0.246 e. The number of nitrogens with zero attached hydrogens (tertiary/aromatic N) is 1. The fourth-order valence-corrected chi connectivity index (χ4v) is 2.33. The van der Waals surface area contributed by atoms with E-state index in [4.69, 9.17) is 0 Å². The molecule has 20 heavy (non-hydrogen) atoms.